The molecule has 1 aliphatic heterocycles. The molecule has 4 rings (SSSR count). The molecule has 0 bridgehead atoms. The van der Waals surface area contributed by atoms with Crippen LogP contribution in [0.3, 0.4) is 0 Å². The number of para-hydroxylation sites is 1. The van der Waals surface area contributed by atoms with Crippen LogP contribution in [0.5, 0.6) is 5.75 Å². The first-order valence-electron chi connectivity index (χ1n) is 7.63. The molecule has 0 aromatic heterocycles. The van der Waals surface area contributed by atoms with Crippen LogP contribution in [0.25, 0.3) is 0 Å². The summed E-state index contributed by atoms with van der Waals surface area (Å²) in [7, 11) is 1.69. The van der Waals surface area contributed by atoms with E-state index in [2.05, 4.69) is 23.5 Å². The highest BCUT2D eigenvalue weighted by atomic mass is 19.1. The molecule has 0 saturated carbocycles. The van der Waals surface area contributed by atoms with E-state index in [1.807, 2.05) is 18.2 Å². The second-order valence-corrected chi connectivity index (χ2v) is 5.96. The van der Waals surface area contributed by atoms with Crippen molar-refractivity contribution >= 4 is 5.69 Å². The van der Waals surface area contributed by atoms with E-state index < -0.39 is 0 Å². The highest BCUT2D eigenvalue weighted by Crippen LogP contribution is 2.52. The molecule has 1 N–H and O–H groups in total. The number of anilines is 1. The number of halogens is 1. The lowest BCUT2D eigenvalue weighted by atomic mass is 9.77. The number of fused-ring (bicyclic) bond motifs is 3. The molecule has 2 aromatic carbocycles. The Kier molecular flexibility index (Phi) is 3.14. The van der Waals surface area contributed by atoms with Gasteiger partial charge in [-0.25, -0.2) is 4.39 Å². The number of allylic oxidation sites excluding steroid dienone is 2. The maximum atomic E-state index is 13.6. The Hall–Kier alpha value is -2.29. The molecule has 112 valence electrons. The average molecular weight is 295 g/mol. The first-order valence-corrected chi connectivity index (χ1v) is 7.63. The van der Waals surface area contributed by atoms with Crippen molar-refractivity contribution in [3.8, 4) is 5.75 Å². The van der Waals surface area contributed by atoms with Gasteiger partial charge >= 0.3 is 0 Å². The molecule has 2 nitrogen and oxygen atoms in total. The monoisotopic (exact) mass is 295 g/mol. The molecule has 0 unspecified atom stereocenters. The summed E-state index contributed by atoms with van der Waals surface area (Å²) in [5.74, 6) is 1.44. The van der Waals surface area contributed by atoms with Gasteiger partial charge in [-0.1, -0.05) is 36.4 Å². The fourth-order valence-corrected chi connectivity index (χ4v) is 3.79. The Labute approximate surface area is 129 Å². The second kappa shape index (κ2) is 5.16. The Morgan fingerprint density at radius 2 is 2.05 bits per heavy atom. The molecule has 2 aliphatic rings. The van der Waals surface area contributed by atoms with Crippen LogP contribution in [0.15, 0.2) is 54.6 Å². The lowest BCUT2D eigenvalue weighted by Crippen LogP contribution is -2.29. The van der Waals surface area contributed by atoms with Crippen molar-refractivity contribution in [3.63, 3.8) is 0 Å². The zero-order valence-electron chi connectivity index (χ0n) is 12.4. The molecule has 0 radical (unpaired) electrons. The molecule has 0 saturated heterocycles. The minimum absolute atomic E-state index is 0.0968. The van der Waals surface area contributed by atoms with Crippen LogP contribution in [0, 0.1) is 11.7 Å². The maximum Gasteiger partial charge on any atom is 0.142 e. The molecule has 0 amide bonds. The van der Waals surface area contributed by atoms with E-state index in [1.54, 1.807) is 19.2 Å². The SMILES string of the molecule is COc1cccc2c1N[C@H](c1cccc(F)c1)[C@@H]1CC=C[C@@H]21. The third kappa shape index (κ3) is 2.00. The number of benzene rings is 2. The van der Waals surface area contributed by atoms with Crippen molar-refractivity contribution < 1.29 is 9.13 Å². The van der Waals surface area contributed by atoms with Crippen LogP contribution in [-0.2, 0) is 0 Å². The number of hydrogen-bond acceptors (Lipinski definition) is 2. The number of nitrogens with one attached hydrogen (secondary N) is 1. The highest BCUT2D eigenvalue weighted by molar-refractivity contribution is 5.67. The van der Waals surface area contributed by atoms with Gasteiger partial charge in [-0.15, -0.1) is 0 Å². The normalized spacial score (nSPS) is 25.3. The standard InChI is InChI=1S/C19H18FNO/c1-22-17-10-4-9-16-14-7-3-8-15(14)18(21-19(16)17)12-5-2-6-13(20)11-12/h2-7,9-11,14-15,18,21H,8H2,1H3/t14-,15-,18-/m1/s1. The molecule has 3 atom stereocenters. The van der Waals surface area contributed by atoms with E-state index in [0.29, 0.717) is 11.8 Å². The number of rotatable bonds is 2. The minimum atomic E-state index is -0.187. The number of ether oxygens (including phenoxy) is 1. The van der Waals surface area contributed by atoms with Crippen molar-refractivity contribution in [2.24, 2.45) is 5.92 Å². The van der Waals surface area contributed by atoms with Gasteiger partial charge < -0.3 is 10.1 Å². The molecule has 0 spiro atoms. The predicted octanol–water partition coefficient (Wildman–Crippen LogP) is 4.66. The highest BCUT2D eigenvalue weighted by Gasteiger charge is 2.38. The van der Waals surface area contributed by atoms with Gasteiger partial charge in [-0.3, -0.25) is 0 Å². The van der Waals surface area contributed by atoms with Gasteiger partial charge in [-0.2, -0.15) is 0 Å². The number of hydrogen-bond donors (Lipinski definition) is 1. The Morgan fingerprint density at radius 3 is 2.86 bits per heavy atom. The van der Waals surface area contributed by atoms with Crippen molar-refractivity contribution in [1.82, 2.24) is 0 Å². The summed E-state index contributed by atoms with van der Waals surface area (Å²) in [5, 5.41) is 3.60. The summed E-state index contributed by atoms with van der Waals surface area (Å²) in [6, 6.07) is 13.1. The van der Waals surface area contributed by atoms with E-state index in [1.165, 1.54) is 11.6 Å². The molecule has 1 heterocycles. The summed E-state index contributed by atoms with van der Waals surface area (Å²) < 4.78 is 19.1. The predicted molar refractivity (Wildman–Crippen MR) is 85.7 cm³/mol. The third-order valence-corrected chi connectivity index (χ3v) is 4.79. The fraction of sp³-hybridized carbons (Fsp3) is 0.263. The fourth-order valence-electron chi connectivity index (χ4n) is 3.79. The van der Waals surface area contributed by atoms with Gasteiger partial charge in [0.2, 0.25) is 0 Å². The minimum Gasteiger partial charge on any atom is -0.495 e. The number of methoxy groups -OCH3 is 1. The quantitative estimate of drug-likeness (QED) is 0.814. The summed E-state index contributed by atoms with van der Waals surface area (Å²) in [5.41, 5.74) is 3.30. The summed E-state index contributed by atoms with van der Waals surface area (Å²) >= 11 is 0. The molecule has 22 heavy (non-hydrogen) atoms. The van der Waals surface area contributed by atoms with Crippen LogP contribution < -0.4 is 10.1 Å². The van der Waals surface area contributed by atoms with Crippen LogP contribution in [0.1, 0.15) is 29.5 Å². The second-order valence-electron chi connectivity index (χ2n) is 5.96. The Bertz CT molecular complexity index is 740. The van der Waals surface area contributed by atoms with E-state index in [-0.39, 0.29) is 11.9 Å². The van der Waals surface area contributed by atoms with Crippen molar-refractivity contribution in [1.29, 1.82) is 0 Å². The molecule has 2 aromatic rings. The molecule has 0 fully saturated rings. The third-order valence-electron chi connectivity index (χ3n) is 4.79. The summed E-state index contributed by atoms with van der Waals surface area (Å²) in [4.78, 5) is 0. The van der Waals surface area contributed by atoms with Gasteiger partial charge in [0, 0.05) is 5.92 Å². The van der Waals surface area contributed by atoms with Crippen molar-refractivity contribution in [2.45, 2.75) is 18.4 Å². The van der Waals surface area contributed by atoms with Crippen LogP contribution in [0.4, 0.5) is 10.1 Å². The van der Waals surface area contributed by atoms with Gasteiger partial charge in [0.15, 0.2) is 0 Å². The van der Waals surface area contributed by atoms with Gasteiger partial charge in [0.1, 0.15) is 11.6 Å². The molecular formula is C19H18FNO. The molecule has 3 heteroatoms. The molecule has 1 aliphatic carbocycles. The van der Waals surface area contributed by atoms with Gasteiger partial charge in [0.05, 0.1) is 18.8 Å². The lowest BCUT2D eigenvalue weighted by Gasteiger charge is -2.38. The average Bonchev–Trinajstić information content (AvgIpc) is 3.03. The summed E-state index contributed by atoms with van der Waals surface area (Å²) in [6.07, 6.45) is 5.52. The van der Waals surface area contributed by atoms with Crippen LogP contribution in [0.2, 0.25) is 0 Å². The smallest absolute Gasteiger partial charge is 0.142 e. The van der Waals surface area contributed by atoms with Crippen molar-refractivity contribution in [3.05, 3.63) is 71.6 Å². The van der Waals surface area contributed by atoms with E-state index in [0.717, 1.165) is 23.4 Å². The largest absolute Gasteiger partial charge is 0.495 e. The Morgan fingerprint density at radius 1 is 1.18 bits per heavy atom. The lowest BCUT2D eigenvalue weighted by molar-refractivity contribution is 0.396. The van der Waals surface area contributed by atoms with Gasteiger partial charge in [-0.05, 0) is 41.7 Å². The van der Waals surface area contributed by atoms with Crippen LogP contribution in [-0.4, -0.2) is 7.11 Å². The van der Waals surface area contributed by atoms with Crippen LogP contribution >= 0.6 is 0 Å². The Balaban J connectivity index is 1.83. The van der Waals surface area contributed by atoms with E-state index in [4.69, 9.17) is 4.74 Å². The topological polar surface area (TPSA) is 21.3 Å². The summed E-state index contributed by atoms with van der Waals surface area (Å²) in [6.45, 7) is 0. The zero-order chi connectivity index (χ0) is 15.1. The van der Waals surface area contributed by atoms with Gasteiger partial charge in [0.25, 0.3) is 0 Å². The molecular weight excluding hydrogens is 277 g/mol. The first kappa shape index (κ1) is 13.4. The van der Waals surface area contributed by atoms with E-state index in [9.17, 15) is 4.39 Å². The van der Waals surface area contributed by atoms with Crippen molar-refractivity contribution in [2.75, 3.05) is 12.4 Å². The zero-order valence-corrected chi connectivity index (χ0v) is 12.4. The maximum absolute atomic E-state index is 13.6. The first-order chi connectivity index (χ1) is 10.8. The van der Waals surface area contributed by atoms with E-state index >= 15 is 0 Å².